The van der Waals surface area contributed by atoms with Crippen molar-refractivity contribution in [1.82, 2.24) is 0 Å². The van der Waals surface area contributed by atoms with Gasteiger partial charge in [-0.3, -0.25) is 4.79 Å². The summed E-state index contributed by atoms with van der Waals surface area (Å²) in [6, 6.07) is 0. The zero-order valence-electron chi connectivity index (χ0n) is 13.6. The van der Waals surface area contributed by atoms with Crippen molar-refractivity contribution in [3.8, 4) is 0 Å². The monoisotopic (exact) mass is 296 g/mol. The lowest BCUT2D eigenvalue weighted by molar-refractivity contribution is -0.160. The highest BCUT2D eigenvalue weighted by atomic mass is 16.5. The molecular formula is C17H28O4. The molecule has 4 unspecified atom stereocenters. The van der Waals surface area contributed by atoms with E-state index in [9.17, 15) is 15.0 Å². The number of rotatable bonds is 5. The molecule has 0 heterocycles. The molecule has 0 saturated heterocycles. The molecule has 120 valence electrons. The lowest BCUT2D eigenvalue weighted by Gasteiger charge is -2.47. The molecule has 0 bridgehead atoms. The minimum absolute atomic E-state index is 0.0305. The predicted molar refractivity (Wildman–Crippen MR) is 82.6 cm³/mol. The Balaban J connectivity index is 2.94. The molecule has 0 spiro atoms. The van der Waals surface area contributed by atoms with E-state index in [1.807, 2.05) is 13.8 Å². The van der Waals surface area contributed by atoms with Crippen molar-refractivity contribution in [1.29, 1.82) is 0 Å². The maximum Gasteiger partial charge on any atom is 0.302 e. The zero-order valence-corrected chi connectivity index (χ0v) is 13.6. The first-order valence-electron chi connectivity index (χ1n) is 7.41. The van der Waals surface area contributed by atoms with Crippen LogP contribution < -0.4 is 0 Å². The molecule has 21 heavy (non-hydrogen) atoms. The fourth-order valence-electron chi connectivity index (χ4n) is 3.09. The van der Waals surface area contributed by atoms with Gasteiger partial charge in [0.15, 0.2) is 0 Å². The molecule has 2 N–H and O–H groups in total. The molecule has 0 amide bonds. The topological polar surface area (TPSA) is 66.8 Å². The molecule has 4 atom stereocenters. The van der Waals surface area contributed by atoms with Crippen LogP contribution in [0, 0.1) is 11.3 Å². The van der Waals surface area contributed by atoms with Crippen LogP contribution in [0.1, 0.15) is 47.0 Å². The summed E-state index contributed by atoms with van der Waals surface area (Å²) in [7, 11) is 0. The molecule has 4 nitrogen and oxygen atoms in total. The van der Waals surface area contributed by atoms with Crippen LogP contribution in [0.4, 0.5) is 0 Å². The van der Waals surface area contributed by atoms with Crippen LogP contribution in [0.15, 0.2) is 24.8 Å². The smallest absolute Gasteiger partial charge is 0.302 e. The maximum atomic E-state index is 11.3. The standard InChI is InChI=1S/C17H28O4/c1-7-17(6,20)9-8-13-11(2)14(19)10-15(16(13,4)5)21-12(3)18/h7,13-15,19-20H,1-2,8-10H2,3-6H3. The van der Waals surface area contributed by atoms with Crippen molar-refractivity contribution in [3.63, 3.8) is 0 Å². The van der Waals surface area contributed by atoms with Gasteiger partial charge >= 0.3 is 5.97 Å². The second-order valence-corrected chi connectivity index (χ2v) is 6.90. The van der Waals surface area contributed by atoms with Gasteiger partial charge in [0.2, 0.25) is 0 Å². The highest BCUT2D eigenvalue weighted by Crippen LogP contribution is 2.47. The average molecular weight is 296 g/mol. The number of aliphatic hydroxyl groups excluding tert-OH is 1. The molecule has 0 aromatic rings. The van der Waals surface area contributed by atoms with E-state index in [4.69, 9.17) is 4.74 Å². The number of carbonyl (C=O) groups is 1. The fraction of sp³-hybridized carbons (Fsp3) is 0.706. The summed E-state index contributed by atoms with van der Waals surface area (Å²) >= 11 is 0. The maximum absolute atomic E-state index is 11.3. The summed E-state index contributed by atoms with van der Waals surface area (Å²) in [6.45, 7) is 14.8. The second kappa shape index (κ2) is 6.32. The normalized spacial score (nSPS) is 31.3. The van der Waals surface area contributed by atoms with Crippen LogP contribution in [0.2, 0.25) is 0 Å². The van der Waals surface area contributed by atoms with Gasteiger partial charge in [-0.1, -0.05) is 26.5 Å². The van der Waals surface area contributed by atoms with Crippen LogP contribution >= 0.6 is 0 Å². The Morgan fingerprint density at radius 2 is 2.14 bits per heavy atom. The molecule has 0 aromatic heterocycles. The number of aliphatic hydroxyl groups is 2. The van der Waals surface area contributed by atoms with Gasteiger partial charge in [0.05, 0.1) is 11.7 Å². The summed E-state index contributed by atoms with van der Waals surface area (Å²) in [6.07, 6.45) is 2.03. The van der Waals surface area contributed by atoms with E-state index in [0.29, 0.717) is 19.3 Å². The number of carbonyl (C=O) groups excluding carboxylic acids is 1. The van der Waals surface area contributed by atoms with Crippen molar-refractivity contribution >= 4 is 5.97 Å². The highest BCUT2D eigenvalue weighted by Gasteiger charge is 2.47. The van der Waals surface area contributed by atoms with Crippen LogP contribution in [0.5, 0.6) is 0 Å². The molecule has 1 rings (SSSR count). The van der Waals surface area contributed by atoms with Crippen molar-refractivity contribution < 1.29 is 19.7 Å². The summed E-state index contributed by atoms with van der Waals surface area (Å²) in [5, 5.41) is 20.3. The molecule has 1 aliphatic rings. The Kier molecular flexibility index (Phi) is 5.40. The van der Waals surface area contributed by atoms with E-state index >= 15 is 0 Å². The third-order valence-corrected chi connectivity index (χ3v) is 4.73. The molecule has 0 aliphatic heterocycles. The van der Waals surface area contributed by atoms with Gasteiger partial charge in [-0.25, -0.2) is 0 Å². The van der Waals surface area contributed by atoms with Crippen molar-refractivity contribution in [2.75, 3.05) is 0 Å². The fourth-order valence-corrected chi connectivity index (χ4v) is 3.09. The number of esters is 1. The van der Waals surface area contributed by atoms with E-state index in [1.54, 1.807) is 6.92 Å². The van der Waals surface area contributed by atoms with Gasteiger partial charge in [-0.15, -0.1) is 6.58 Å². The first-order valence-corrected chi connectivity index (χ1v) is 7.41. The molecule has 1 saturated carbocycles. The second-order valence-electron chi connectivity index (χ2n) is 6.90. The number of hydrogen-bond acceptors (Lipinski definition) is 4. The highest BCUT2D eigenvalue weighted by molar-refractivity contribution is 5.66. The van der Waals surface area contributed by atoms with Gasteiger partial charge in [0.25, 0.3) is 0 Å². The largest absolute Gasteiger partial charge is 0.462 e. The average Bonchev–Trinajstić information content (AvgIpc) is 2.35. The predicted octanol–water partition coefficient (Wildman–Crippen LogP) is 2.60. The molecule has 1 fully saturated rings. The number of ether oxygens (including phenoxy) is 1. The summed E-state index contributed by atoms with van der Waals surface area (Å²) in [4.78, 5) is 11.3. The summed E-state index contributed by atoms with van der Waals surface area (Å²) in [5.74, 6) is -0.373. The lowest BCUT2D eigenvalue weighted by atomic mass is 9.62. The molecule has 4 heteroatoms. The molecular weight excluding hydrogens is 268 g/mol. The van der Waals surface area contributed by atoms with E-state index in [1.165, 1.54) is 13.0 Å². The van der Waals surface area contributed by atoms with Crippen molar-refractivity contribution in [2.45, 2.75) is 64.8 Å². The van der Waals surface area contributed by atoms with Gasteiger partial charge in [-0.2, -0.15) is 0 Å². The first kappa shape index (κ1) is 17.9. The van der Waals surface area contributed by atoms with E-state index in [-0.39, 0.29) is 23.4 Å². The summed E-state index contributed by atoms with van der Waals surface area (Å²) < 4.78 is 5.39. The molecule has 1 aliphatic carbocycles. The van der Waals surface area contributed by atoms with Crippen LogP contribution in [0.25, 0.3) is 0 Å². The van der Waals surface area contributed by atoms with Gasteiger partial charge in [0, 0.05) is 18.8 Å². The van der Waals surface area contributed by atoms with Crippen LogP contribution in [-0.4, -0.2) is 34.0 Å². The Morgan fingerprint density at radius 3 is 2.62 bits per heavy atom. The third-order valence-electron chi connectivity index (χ3n) is 4.73. The Hall–Kier alpha value is -1.13. The number of hydrogen-bond donors (Lipinski definition) is 2. The van der Waals surface area contributed by atoms with Crippen molar-refractivity contribution in [2.24, 2.45) is 11.3 Å². The minimum Gasteiger partial charge on any atom is -0.462 e. The lowest BCUT2D eigenvalue weighted by Crippen LogP contribution is -2.49. The van der Waals surface area contributed by atoms with E-state index in [2.05, 4.69) is 13.2 Å². The quantitative estimate of drug-likeness (QED) is 0.604. The van der Waals surface area contributed by atoms with Crippen LogP contribution in [-0.2, 0) is 9.53 Å². The Labute approximate surface area is 127 Å². The van der Waals surface area contributed by atoms with Gasteiger partial charge in [-0.05, 0) is 31.3 Å². The van der Waals surface area contributed by atoms with Gasteiger partial charge in [0.1, 0.15) is 6.10 Å². The Morgan fingerprint density at radius 1 is 1.57 bits per heavy atom. The minimum atomic E-state index is -0.949. The van der Waals surface area contributed by atoms with Crippen LogP contribution in [0.3, 0.4) is 0 Å². The summed E-state index contributed by atoms with van der Waals surface area (Å²) in [5.41, 5.74) is -0.530. The SMILES string of the molecule is C=CC(C)(O)CCC1C(=C)C(O)CC(OC(C)=O)C1(C)C. The van der Waals surface area contributed by atoms with E-state index in [0.717, 1.165) is 5.57 Å². The zero-order chi connectivity index (χ0) is 16.4. The third kappa shape index (κ3) is 4.17. The Bertz CT molecular complexity index is 423. The van der Waals surface area contributed by atoms with Gasteiger partial charge < -0.3 is 14.9 Å². The molecule has 0 aromatic carbocycles. The first-order chi connectivity index (χ1) is 9.51. The van der Waals surface area contributed by atoms with E-state index < -0.39 is 11.7 Å². The van der Waals surface area contributed by atoms with Crippen molar-refractivity contribution in [3.05, 3.63) is 24.8 Å². The molecule has 0 radical (unpaired) electrons.